The number of rotatable bonds is 5. The second kappa shape index (κ2) is 7.08. The molecule has 1 atom stereocenters. The van der Waals surface area contributed by atoms with Gasteiger partial charge in [-0.3, -0.25) is 4.68 Å². The maximum atomic E-state index is 4.63. The van der Waals surface area contributed by atoms with Gasteiger partial charge in [0, 0.05) is 37.6 Å². The maximum absolute atomic E-state index is 4.63. The van der Waals surface area contributed by atoms with Crippen LogP contribution in [0.4, 0.5) is 5.95 Å². The molecular weight excluding hydrogens is 288 g/mol. The second-order valence-corrected chi connectivity index (χ2v) is 6.41. The molecular formula is C17H26N6. The number of hydrogen-bond acceptors (Lipinski definition) is 5. The number of anilines is 1. The van der Waals surface area contributed by atoms with Gasteiger partial charge in [0.25, 0.3) is 0 Å². The number of piperidine rings is 1. The smallest absolute Gasteiger partial charge is 0.223 e. The van der Waals surface area contributed by atoms with E-state index in [4.69, 9.17) is 0 Å². The Balaban J connectivity index is 1.60. The van der Waals surface area contributed by atoms with Gasteiger partial charge in [-0.15, -0.1) is 0 Å². The summed E-state index contributed by atoms with van der Waals surface area (Å²) in [7, 11) is 4.16. The normalized spacial score (nSPS) is 19.0. The van der Waals surface area contributed by atoms with Gasteiger partial charge in [0.2, 0.25) is 5.95 Å². The fourth-order valence-electron chi connectivity index (χ4n) is 3.30. The molecule has 0 saturated carbocycles. The zero-order chi connectivity index (χ0) is 16.2. The molecule has 124 valence electrons. The van der Waals surface area contributed by atoms with Crippen LogP contribution in [0.5, 0.6) is 0 Å². The molecule has 1 aliphatic rings. The predicted molar refractivity (Wildman–Crippen MR) is 92.3 cm³/mol. The Morgan fingerprint density at radius 3 is 2.91 bits per heavy atom. The first kappa shape index (κ1) is 15.9. The molecule has 0 unspecified atom stereocenters. The van der Waals surface area contributed by atoms with Gasteiger partial charge in [-0.2, -0.15) is 5.10 Å². The molecule has 2 aromatic rings. The minimum Gasteiger partial charge on any atom is -0.354 e. The summed E-state index contributed by atoms with van der Waals surface area (Å²) in [6.45, 7) is 4.13. The lowest BCUT2D eigenvalue weighted by Gasteiger charge is -2.32. The largest absolute Gasteiger partial charge is 0.354 e. The van der Waals surface area contributed by atoms with Crippen molar-refractivity contribution in [1.82, 2.24) is 24.6 Å². The molecule has 23 heavy (non-hydrogen) atoms. The topological polar surface area (TPSA) is 58.9 Å². The molecule has 0 spiro atoms. The van der Waals surface area contributed by atoms with Gasteiger partial charge in [-0.1, -0.05) is 6.42 Å². The molecule has 2 aromatic heterocycles. The Morgan fingerprint density at radius 1 is 1.30 bits per heavy atom. The lowest BCUT2D eigenvalue weighted by atomic mass is 10.0. The third-order valence-electron chi connectivity index (χ3n) is 4.63. The summed E-state index contributed by atoms with van der Waals surface area (Å²) in [5.41, 5.74) is 2.97. The first-order valence-electron chi connectivity index (χ1n) is 8.41. The van der Waals surface area contributed by atoms with Crippen molar-refractivity contribution in [2.24, 2.45) is 7.05 Å². The number of nitrogens with one attached hydrogen (secondary N) is 1. The van der Waals surface area contributed by atoms with E-state index in [1.165, 1.54) is 25.8 Å². The van der Waals surface area contributed by atoms with E-state index < -0.39 is 0 Å². The van der Waals surface area contributed by atoms with Crippen LogP contribution < -0.4 is 5.32 Å². The molecule has 1 saturated heterocycles. The average molecular weight is 314 g/mol. The quantitative estimate of drug-likeness (QED) is 0.919. The van der Waals surface area contributed by atoms with E-state index in [-0.39, 0.29) is 0 Å². The van der Waals surface area contributed by atoms with Gasteiger partial charge in [-0.05, 0) is 45.8 Å². The molecule has 6 heteroatoms. The molecule has 1 N–H and O–H groups in total. The summed E-state index contributed by atoms with van der Waals surface area (Å²) >= 11 is 0. The van der Waals surface area contributed by atoms with Crippen LogP contribution in [0.2, 0.25) is 0 Å². The monoisotopic (exact) mass is 314 g/mol. The number of hydrogen-bond donors (Lipinski definition) is 1. The highest BCUT2D eigenvalue weighted by molar-refractivity contribution is 5.61. The van der Waals surface area contributed by atoms with Gasteiger partial charge in [0.1, 0.15) is 0 Å². The zero-order valence-electron chi connectivity index (χ0n) is 14.3. The lowest BCUT2D eigenvalue weighted by Crippen LogP contribution is -2.37. The van der Waals surface area contributed by atoms with Crippen LogP contribution >= 0.6 is 0 Å². The van der Waals surface area contributed by atoms with Crippen LogP contribution in [0.15, 0.2) is 18.5 Å². The Hall–Kier alpha value is -1.95. The van der Waals surface area contributed by atoms with Crippen LogP contribution in [-0.4, -0.2) is 50.8 Å². The van der Waals surface area contributed by atoms with Crippen molar-refractivity contribution in [3.05, 3.63) is 24.2 Å². The van der Waals surface area contributed by atoms with Crippen molar-refractivity contribution < 1.29 is 0 Å². The van der Waals surface area contributed by atoms with E-state index in [2.05, 4.69) is 32.3 Å². The Morgan fingerprint density at radius 2 is 2.17 bits per heavy atom. The molecule has 3 heterocycles. The van der Waals surface area contributed by atoms with E-state index in [1.807, 2.05) is 37.1 Å². The highest BCUT2D eigenvalue weighted by Gasteiger charge is 2.18. The van der Waals surface area contributed by atoms with Crippen LogP contribution in [-0.2, 0) is 7.05 Å². The Kier molecular flexibility index (Phi) is 4.91. The fourth-order valence-corrected chi connectivity index (χ4v) is 3.30. The molecule has 0 aromatic carbocycles. The van der Waals surface area contributed by atoms with Gasteiger partial charge in [0.15, 0.2) is 0 Å². The number of nitrogens with zero attached hydrogens (tertiary/aromatic N) is 5. The molecule has 6 nitrogen and oxygen atoms in total. The SMILES string of the molecule is Cc1nn(C)cc1-c1ccnc(NCC[C@H]2CCCCN2C)n1. The molecule has 1 fully saturated rings. The first-order chi connectivity index (χ1) is 11.1. The first-order valence-corrected chi connectivity index (χ1v) is 8.41. The van der Waals surface area contributed by atoms with E-state index >= 15 is 0 Å². The summed E-state index contributed by atoms with van der Waals surface area (Å²) in [5.74, 6) is 0.698. The van der Waals surface area contributed by atoms with Crippen molar-refractivity contribution >= 4 is 5.95 Å². The molecule has 1 aliphatic heterocycles. The highest BCUT2D eigenvalue weighted by Crippen LogP contribution is 2.21. The third-order valence-corrected chi connectivity index (χ3v) is 4.63. The Bertz CT molecular complexity index is 650. The maximum Gasteiger partial charge on any atom is 0.223 e. The summed E-state index contributed by atoms with van der Waals surface area (Å²) in [6.07, 6.45) is 8.92. The number of aryl methyl sites for hydroxylation is 2. The Labute approximate surface area is 137 Å². The van der Waals surface area contributed by atoms with Gasteiger partial charge in [0.05, 0.1) is 11.4 Å². The summed E-state index contributed by atoms with van der Waals surface area (Å²) in [4.78, 5) is 11.4. The lowest BCUT2D eigenvalue weighted by molar-refractivity contribution is 0.179. The summed E-state index contributed by atoms with van der Waals surface area (Å²) < 4.78 is 1.82. The highest BCUT2D eigenvalue weighted by atomic mass is 15.3. The van der Waals surface area contributed by atoms with Gasteiger partial charge < -0.3 is 10.2 Å². The van der Waals surface area contributed by atoms with Crippen LogP contribution in [0.1, 0.15) is 31.4 Å². The second-order valence-electron chi connectivity index (χ2n) is 6.41. The van der Waals surface area contributed by atoms with Crippen molar-refractivity contribution in [1.29, 1.82) is 0 Å². The fraction of sp³-hybridized carbons (Fsp3) is 0.588. The average Bonchev–Trinajstić information content (AvgIpc) is 2.88. The number of aromatic nitrogens is 4. The van der Waals surface area contributed by atoms with Crippen molar-refractivity contribution in [2.45, 2.75) is 38.6 Å². The van der Waals surface area contributed by atoms with Crippen molar-refractivity contribution in [3.8, 4) is 11.3 Å². The van der Waals surface area contributed by atoms with Crippen molar-refractivity contribution in [2.75, 3.05) is 25.5 Å². The predicted octanol–water partition coefficient (Wildman–Crippen LogP) is 2.47. The molecule has 3 rings (SSSR count). The molecule has 0 radical (unpaired) electrons. The van der Waals surface area contributed by atoms with Crippen LogP contribution in [0, 0.1) is 6.92 Å². The van der Waals surface area contributed by atoms with Crippen molar-refractivity contribution in [3.63, 3.8) is 0 Å². The van der Waals surface area contributed by atoms with E-state index in [1.54, 1.807) is 0 Å². The summed E-state index contributed by atoms with van der Waals surface area (Å²) in [6, 6.07) is 2.62. The van der Waals surface area contributed by atoms with Gasteiger partial charge in [-0.25, -0.2) is 9.97 Å². The molecule has 0 aliphatic carbocycles. The minimum absolute atomic E-state index is 0.681. The number of likely N-dealkylation sites (tertiary alicyclic amines) is 1. The van der Waals surface area contributed by atoms with Crippen LogP contribution in [0.25, 0.3) is 11.3 Å². The van der Waals surface area contributed by atoms with E-state index in [9.17, 15) is 0 Å². The minimum atomic E-state index is 0.681. The molecule has 0 amide bonds. The standard InChI is InChI=1S/C17H26N6/c1-13-15(12-23(3)21-13)16-8-10-19-17(20-16)18-9-7-14-6-4-5-11-22(14)2/h8,10,12,14H,4-7,9,11H2,1-3H3,(H,18,19,20)/t14-/m1/s1. The molecule has 0 bridgehead atoms. The van der Waals surface area contributed by atoms with Gasteiger partial charge >= 0.3 is 0 Å². The van der Waals surface area contributed by atoms with Crippen LogP contribution in [0.3, 0.4) is 0 Å². The van der Waals surface area contributed by atoms with E-state index in [0.29, 0.717) is 12.0 Å². The van der Waals surface area contributed by atoms with E-state index in [0.717, 1.165) is 29.9 Å². The zero-order valence-corrected chi connectivity index (χ0v) is 14.3. The summed E-state index contributed by atoms with van der Waals surface area (Å²) in [5, 5.41) is 7.75. The third kappa shape index (κ3) is 3.88.